The largest absolute Gasteiger partial charge is 0.395 e. The van der Waals surface area contributed by atoms with Gasteiger partial charge in [0, 0.05) is 31.1 Å². The number of nitrogens with zero attached hydrogens (tertiary/aromatic N) is 2. The number of hydrogen-bond donors (Lipinski definition) is 1. The normalized spacial score (nSPS) is 10.9. The highest BCUT2D eigenvalue weighted by Crippen LogP contribution is 2.08. The highest BCUT2D eigenvalue weighted by molar-refractivity contribution is 5.94. The fourth-order valence-electron chi connectivity index (χ4n) is 1.67. The van der Waals surface area contributed by atoms with E-state index in [1.165, 1.54) is 0 Å². The SMILES string of the molecule is CC(C#N)CN(C)C(=O)c1ccc(C#CCCO)cc1. The zero-order valence-corrected chi connectivity index (χ0v) is 11.8. The molecule has 1 rings (SSSR count). The number of nitriles is 1. The predicted molar refractivity (Wildman–Crippen MR) is 76.8 cm³/mol. The number of aliphatic hydroxyl groups excluding tert-OH is 1. The molecule has 1 atom stereocenters. The van der Waals surface area contributed by atoms with Gasteiger partial charge < -0.3 is 10.0 Å². The Morgan fingerprint density at radius 1 is 1.40 bits per heavy atom. The molecule has 4 heteroatoms. The first-order valence-electron chi connectivity index (χ1n) is 6.43. The van der Waals surface area contributed by atoms with Crippen molar-refractivity contribution in [3.8, 4) is 17.9 Å². The number of benzene rings is 1. The Kier molecular flexibility index (Phi) is 6.29. The van der Waals surface area contributed by atoms with E-state index >= 15 is 0 Å². The smallest absolute Gasteiger partial charge is 0.253 e. The van der Waals surface area contributed by atoms with E-state index in [0.29, 0.717) is 18.5 Å². The van der Waals surface area contributed by atoms with Crippen LogP contribution in [0.4, 0.5) is 0 Å². The molecule has 0 saturated heterocycles. The molecular formula is C16H18N2O2. The molecule has 1 N–H and O–H groups in total. The number of hydrogen-bond acceptors (Lipinski definition) is 3. The molecule has 1 unspecified atom stereocenters. The van der Waals surface area contributed by atoms with E-state index in [1.807, 2.05) is 0 Å². The van der Waals surface area contributed by atoms with Gasteiger partial charge in [0.1, 0.15) is 0 Å². The molecule has 0 heterocycles. The van der Waals surface area contributed by atoms with E-state index < -0.39 is 0 Å². The van der Waals surface area contributed by atoms with Crippen molar-refractivity contribution in [3.63, 3.8) is 0 Å². The van der Waals surface area contributed by atoms with Crippen LogP contribution in [0.25, 0.3) is 0 Å². The van der Waals surface area contributed by atoms with Crippen LogP contribution in [0.3, 0.4) is 0 Å². The zero-order chi connectivity index (χ0) is 15.0. The molecular weight excluding hydrogens is 252 g/mol. The Morgan fingerprint density at radius 3 is 2.60 bits per heavy atom. The molecule has 0 fully saturated rings. The van der Waals surface area contributed by atoms with Crippen LogP contribution in [0.2, 0.25) is 0 Å². The number of rotatable bonds is 4. The molecule has 0 radical (unpaired) electrons. The minimum Gasteiger partial charge on any atom is -0.395 e. The molecule has 104 valence electrons. The summed E-state index contributed by atoms with van der Waals surface area (Å²) in [4.78, 5) is 13.7. The van der Waals surface area contributed by atoms with E-state index in [2.05, 4.69) is 17.9 Å². The molecule has 0 saturated carbocycles. The fraction of sp³-hybridized carbons (Fsp3) is 0.375. The molecule has 1 amide bonds. The quantitative estimate of drug-likeness (QED) is 0.846. The molecule has 0 aliphatic rings. The van der Waals surface area contributed by atoms with Gasteiger partial charge >= 0.3 is 0 Å². The van der Waals surface area contributed by atoms with E-state index in [4.69, 9.17) is 10.4 Å². The minimum atomic E-state index is -0.187. The molecule has 0 aliphatic heterocycles. The predicted octanol–water partition coefficient (Wildman–Crippen LogP) is 1.65. The highest BCUT2D eigenvalue weighted by atomic mass is 16.2. The first-order valence-corrected chi connectivity index (χ1v) is 6.43. The van der Waals surface area contributed by atoms with Gasteiger partial charge in [0.25, 0.3) is 5.91 Å². The van der Waals surface area contributed by atoms with Crippen molar-refractivity contribution < 1.29 is 9.90 Å². The summed E-state index contributed by atoms with van der Waals surface area (Å²) in [5.41, 5.74) is 1.38. The van der Waals surface area contributed by atoms with Crippen molar-refractivity contribution in [1.29, 1.82) is 5.26 Å². The first-order chi connectivity index (χ1) is 9.58. The van der Waals surface area contributed by atoms with Crippen LogP contribution in [0, 0.1) is 29.1 Å². The summed E-state index contributed by atoms with van der Waals surface area (Å²) in [6.07, 6.45) is 0.440. The summed E-state index contributed by atoms with van der Waals surface area (Å²) in [5.74, 6) is 5.43. The van der Waals surface area contributed by atoms with Crippen LogP contribution in [-0.4, -0.2) is 36.1 Å². The maximum atomic E-state index is 12.1. The highest BCUT2D eigenvalue weighted by Gasteiger charge is 2.13. The van der Waals surface area contributed by atoms with Crippen molar-refractivity contribution in [1.82, 2.24) is 4.90 Å². The molecule has 1 aromatic rings. The number of aliphatic hydroxyl groups is 1. The molecule has 0 spiro atoms. The molecule has 0 aliphatic carbocycles. The average Bonchev–Trinajstić information content (AvgIpc) is 2.47. The summed E-state index contributed by atoms with van der Waals surface area (Å²) in [6.45, 7) is 2.24. The van der Waals surface area contributed by atoms with Crippen molar-refractivity contribution in [2.45, 2.75) is 13.3 Å². The summed E-state index contributed by atoms with van der Waals surface area (Å²) >= 11 is 0. The van der Waals surface area contributed by atoms with Gasteiger partial charge in [0.05, 0.1) is 18.6 Å². The third-order valence-corrected chi connectivity index (χ3v) is 2.72. The number of carbonyl (C=O) groups is 1. The van der Waals surface area contributed by atoms with Gasteiger partial charge in [-0.15, -0.1) is 0 Å². The maximum Gasteiger partial charge on any atom is 0.253 e. The Morgan fingerprint density at radius 2 is 2.05 bits per heavy atom. The van der Waals surface area contributed by atoms with E-state index in [-0.39, 0.29) is 18.4 Å². The minimum absolute atomic E-state index is 0.0471. The lowest BCUT2D eigenvalue weighted by atomic mass is 10.1. The topological polar surface area (TPSA) is 64.3 Å². The zero-order valence-electron chi connectivity index (χ0n) is 11.8. The Balaban J connectivity index is 2.71. The Hall–Kier alpha value is -2.30. The fourth-order valence-corrected chi connectivity index (χ4v) is 1.67. The van der Waals surface area contributed by atoms with Crippen molar-refractivity contribution >= 4 is 5.91 Å². The molecule has 1 aromatic carbocycles. The van der Waals surface area contributed by atoms with Crippen molar-refractivity contribution in [2.24, 2.45) is 5.92 Å². The van der Waals surface area contributed by atoms with Gasteiger partial charge in [-0.05, 0) is 31.2 Å². The van der Waals surface area contributed by atoms with Gasteiger partial charge in [-0.2, -0.15) is 5.26 Å². The van der Waals surface area contributed by atoms with Crippen LogP contribution in [-0.2, 0) is 0 Å². The monoisotopic (exact) mass is 270 g/mol. The van der Waals surface area contributed by atoms with Crippen molar-refractivity contribution in [2.75, 3.05) is 20.2 Å². The number of amides is 1. The molecule has 4 nitrogen and oxygen atoms in total. The lowest BCUT2D eigenvalue weighted by molar-refractivity contribution is 0.0785. The third-order valence-electron chi connectivity index (χ3n) is 2.72. The summed E-state index contributed by atoms with van der Waals surface area (Å²) in [7, 11) is 1.69. The van der Waals surface area contributed by atoms with Gasteiger partial charge in [0.15, 0.2) is 0 Å². The Labute approximate surface area is 119 Å². The third kappa shape index (κ3) is 4.76. The molecule has 0 aromatic heterocycles. The summed E-state index contributed by atoms with van der Waals surface area (Å²) in [6, 6.07) is 9.10. The second-order valence-corrected chi connectivity index (χ2v) is 4.57. The summed E-state index contributed by atoms with van der Waals surface area (Å²) in [5, 5.41) is 17.4. The molecule has 20 heavy (non-hydrogen) atoms. The summed E-state index contributed by atoms with van der Waals surface area (Å²) < 4.78 is 0. The van der Waals surface area contributed by atoms with Crippen LogP contribution in [0.1, 0.15) is 29.3 Å². The van der Waals surface area contributed by atoms with Crippen LogP contribution < -0.4 is 0 Å². The lowest BCUT2D eigenvalue weighted by Crippen LogP contribution is -2.30. The van der Waals surface area contributed by atoms with Gasteiger partial charge in [-0.3, -0.25) is 4.79 Å². The number of carbonyl (C=O) groups excluding carboxylic acids is 1. The maximum absolute atomic E-state index is 12.1. The van der Waals surface area contributed by atoms with Crippen LogP contribution >= 0.6 is 0 Å². The molecule has 0 bridgehead atoms. The van der Waals surface area contributed by atoms with Crippen LogP contribution in [0.15, 0.2) is 24.3 Å². The van der Waals surface area contributed by atoms with E-state index in [9.17, 15) is 4.79 Å². The van der Waals surface area contributed by atoms with Crippen molar-refractivity contribution in [3.05, 3.63) is 35.4 Å². The van der Waals surface area contributed by atoms with E-state index in [0.717, 1.165) is 5.56 Å². The standard InChI is InChI=1S/C16H18N2O2/c1-13(11-17)12-18(2)16(20)15-8-6-14(7-9-15)5-3-4-10-19/h6-9,13,19H,4,10,12H2,1-2H3. The van der Waals surface area contributed by atoms with Gasteiger partial charge in [0.2, 0.25) is 0 Å². The van der Waals surface area contributed by atoms with Gasteiger partial charge in [-0.25, -0.2) is 0 Å². The second-order valence-electron chi connectivity index (χ2n) is 4.57. The van der Waals surface area contributed by atoms with Gasteiger partial charge in [-0.1, -0.05) is 11.8 Å². The Bertz CT molecular complexity index is 547. The van der Waals surface area contributed by atoms with E-state index in [1.54, 1.807) is 43.1 Å². The first kappa shape index (κ1) is 15.8. The van der Waals surface area contributed by atoms with Crippen LogP contribution in [0.5, 0.6) is 0 Å². The second kappa shape index (κ2) is 7.99. The average molecular weight is 270 g/mol. The lowest BCUT2D eigenvalue weighted by Gasteiger charge is -2.18.